The maximum atomic E-state index is 13.6. The van der Waals surface area contributed by atoms with E-state index in [1.807, 2.05) is 0 Å². The van der Waals surface area contributed by atoms with Gasteiger partial charge in [-0.2, -0.15) is 0 Å². The molecule has 0 spiro atoms. The van der Waals surface area contributed by atoms with Crippen molar-refractivity contribution in [2.24, 2.45) is 5.92 Å². The van der Waals surface area contributed by atoms with Crippen LogP contribution in [-0.2, 0) is 19.1 Å². The summed E-state index contributed by atoms with van der Waals surface area (Å²) in [4.78, 5) is 35.1. The van der Waals surface area contributed by atoms with Crippen molar-refractivity contribution in [1.29, 1.82) is 0 Å². The highest BCUT2D eigenvalue weighted by atomic mass is 19.2. The summed E-state index contributed by atoms with van der Waals surface area (Å²) in [6.45, 7) is 1.51. The molecule has 0 saturated carbocycles. The van der Waals surface area contributed by atoms with Crippen molar-refractivity contribution in [1.82, 2.24) is 5.32 Å². The molecule has 1 aromatic rings. The summed E-state index contributed by atoms with van der Waals surface area (Å²) in [6, 6.07) is 1.89. The highest BCUT2D eigenvalue weighted by Gasteiger charge is 2.30. The molecule has 126 valence electrons. The highest BCUT2D eigenvalue weighted by molar-refractivity contribution is 5.97. The minimum absolute atomic E-state index is 0.165. The summed E-state index contributed by atoms with van der Waals surface area (Å²) >= 11 is 0. The zero-order valence-corrected chi connectivity index (χ0v) is 12.9. The number of nitrogens with one attached hydrogen (secondary N) is 1. The van der Waals surface area contributed by atoms with Crippen molar-refractivity contribution >= 4 is 17.8 Å². The van der Waals surface area contributed by atoms with Crippen LogP contribution in [0.4, 0.5) is 8.78 Å². The van der Waals surface area contributed by atoms with E-state index in [1.54, 1.807) is 0 Å². The van der Waals surface area contributed by atoms with E-state index < -0.39 is 47.0 Å². The van der Waals surface area contributed by atoms with Gasteiger partial charge in [0.1, 0.15) is 6.04 Å². The van der Waals surface area contributed by atoms with Crippen molar-refractivity contribution in [2.75, 3.05) is 14.2 Å². The number of halogens is 2. The fraction of sp³-hybridized carbons (Fsp3) is 0.400. The summed E-state index contributed by atoms with van der Waals surface area (Å²) in [7, 11) is 2.29. The summed E-state index contributed by atoms with van der Waals surface area (Å²) in [5.41, 5.74) is -0.552. The molecule has 1 aromatic carbocycles. The predicted molar refractivity (Wildman–Crippen MR) is 75.4 cm³/mol. The number of rotatable bonds is 6. The van der Waals surface area contributed by atoms with Gasteiger partial charge in [-0.3, -0.25) is 9.59 Å². The quantitative estimate of drug-likeness (QED) is 0.799. The van der Waals surface area contributed by atoms with Crippen molar-refractivity contribution in [3.05, 3.63) is 35.4 Å². The molecule has 0 heterocycles. The first-order valence-electron chi connectivity index (χ1n) is 6.71. The molecular formula is C15H17F2NO5. The predicted octanol–water partition coefficient (Wildman–Crippen LogP) is 1.44. The first-order valence-corrected chi connectivity index (χ1v) is 6.71. The largest absolute Gasteiger partial charge is 0.469 e. The summed E-state index contributed by atoms with van der Waals surface area (Å²) < 4.78 is 35.9. The second-order valence-corrected chi connectivity index (χ2v) is 4.83. The Morgan fingerprint density at radius 2 is 1.83 bits per heavy atom. The molecule has 0 fully saturated rings. The summed E-state index contributed by atoms with van der Waals surface area (Å²) in [5.74, 6) is -5.57. The molecule has 0 radical (unpaired) electrons. The van der Waals surface area contributed by atoms with E-state index in [1.165, 1.54) is 20.1 Å². The van der Waals surface area contributed by atoms with Gasteiger partial charge in [0.2, 0.25) is 0 Å². The van der Waals surface area contributed by atoms with E-state index in [2.05, 4.69) is 14.8 Å². The molecule has 0 aromatic heterocycles. The third kappa shape index (κ3) is 4.73. The average molecular weight is 329 g/mol. The normalized spacial score (nSPS) is 12.9. The van der Waals surface area contributed by atoms with Crippen molar-refractivity contribution in [3.63, 3.8) is 0 Å². The van der Waals surface area contributed by atoms with Crippen molar-refractivity contribution < 1.29 is 32.6 Å². The SMILES string of the molecule is COC(=O)C[C@@H](C)[C@@H](NC(=O)c1cccc(F)c1F)C(=O)OC. The van der Waals surface area contributed by atoms with E-state index in [4.69, 9.17) is 0 Å². The van der Waals surface area contributed by atoms with Crippen LogP contribution in [0.15, 0.2) is 18.2 Å². The zero-order valence-electron chi connectivity index (χ0n) is 12.9. The molecule has 0 unspecified atom stereocenters. The van der Waals surface area contributed by atoms with Gasteiger partial charge < -0.3 is 14.8 Å². The molecule has 2 atom stereocenters. The van der Waals surface area contributed by atoms with Crippen LogP contribution in [0.3, 0.4) is 0 Å². The van der Waals surface area contributed by atoms with Gasteiger partial charge in [0.05, 0.1) is 26.2 Å². The van der Waals surface area contributed by atoms with Crippen LogP contribution in [-0.4, -0.2) is 38.1 Å². The Labute approximate surface area is 131 Å². The Morgan fingerprint density at radius 1 is 1.17 bits per heavy atom. The molecule has 0 saturated heterocycles. The van der Waals surface area contributed by atoms with Crippen LogP contribution in [0, 0.1) is 17.6 Å². The van der Waals surface area contributed by atoms with Crippen molar-refractivity contribution in [3.8, 4) is 0 Å². The van der Waals surface area contributed by atoms with Gasteiger partial charge in [-0.05, 0) is 18.1 Å². The van der Waals surface area contributed by atoms with E-state index >= 15 is 0 Å². The number of methoxy groups -OCH3 is 2. The molecule has 1 N–H and O–H groups in total. The standard InChI is InChI=1S/C15H17F2NO5/c1-8(7-11(19)22-2)13(15(21)23-3)18-14(20)9-5-4-6-10(16)12(9)17/h4-6,8,13H,7H2,1-3H3,(H,18,20)/t8-,13-/m1/s1. The molecule has 0 aliphatic carbocycles. The Hall–Kier alpha value is -2.51. The third-order valence-electron chi connectivity index (χ3n) is 3.22. The van der Waals surface area contributed by atoms with Gasteiger partial charge in [-0.1, -0.05) is 13.0 Å². The maximum Gasteiger partial charge on any atom is 0.328 e. The minimum Gasteiger partial charge on any atom is -0.469 e. The topological polar surface area (TPSA) is 81.7 Å². The number of benzene rings is 1. The van der Waals surface area contributed by atoms with Crippen molar-refractivity contribution in [2.45, 2.75) is 19.4 Å². The molecule has 0 aliphatic rings. The molecule has 1 rings (SSSR count). The van der Waals surface area contributed by atoms with Crippen LogP contribution in [0.25, 0.3) is 0 Å². The van der Waals surface area contributed by atoms with Gasteiger partial charge in [0.15, 0.2) is 11.6 Å². The number of amides is 1. The molecular weight excluding hydrogens is 312 g/mol. The smallest absolute Gasteiger partial charge is 0.328 e. The number of ether oxygens (including phenoxy) is 2. The number of carbonyl (C=O) groups is 3. The first-order chi connectivity index (χ1) is 10.8. The summed E-state index contributed by atoms with van der Waals surface area (Å²) in [5, 5.41) is 2.25. The number of hydrogen-bond donors (Lipinski definition) is 1. The van der Waals surface area contributed by atoms with Crippen LogP contribution < -0.4 is 5.32 Å². The average Bonchev–Trinajstić information content (AvgIpc) is 2.53. The lowest BCUT2D eigenvalue weighted by Gasteiger charge is -2.22. The van der Waals surface area contributed by atoms with Gasteiger partial charge >= 0.3 is 11.9 Å². The van der Waals surface area contributed by atoms with E-state index in [9.17, 15) is 23.2 Å². The lowest BCUT2D eigenvalue weighted by Crippen LogP contribution is -2.46. The molecule has 6 nitrogen and oxygen atoms in total. The number of esters is 2. The summed E-state index contributed by atoms with van der Waals surface area (Å²) in [6.07, 6.45) is -0.165. The maximum absolute atomic E-state index is 13.6. The Morgan fingerprint density at radius 3 is 2.39 bits per heavy atom. The Kier molecular flexibility index (Phi) is 6.62. The van der Waals surface area contributed by atoms with Crippen LogP contribution >= 0.6 is 0 Å². The molecule has 23 heavy (non-hydrogen) atoms. The van der Waals surface area contributed by atoms with Gasteiger partial charge in [0.25, 0.3) is 5.91 Å². The van der Waals surface area contributed by atoms with E-state index in [-0.39, 0.29) is 6.42 Å². The minimum atomic E-state index is -1.32. The van der Waals surface area contributed by atoms with Gasteiger partial charge in [-0.15, -0.1) is 0 Å². The van der Waals surface area contributed by atoms with Crippen LogP contribution in [0.5, 0.6) is 0 Å². The van der Waals surface area contributed by atoms with Crippen LogP contribution in [0.2, 0.25) is 0 Å². The monoisotopic (exact) mass is 329 g/mol. The van der Waals surface area contributed by atoms with Gasteiger partial charge in [0, 0.05) is 0 Å². The lowest BCUT2D eigenvalue weighted by atomic mass is 9.97. The zero-order chi connectivity index (χ0) is 17.6. The van der Waals surface area contributed by atoms with E-state index in [0.717, 1.165) is 19.2 Å². The van der Waals surface area contributed by atoms with Crippen LogP contribution in [0.1, 0.15) is 23.7 Å². The number of carbonyl (C=O) groups excluding carboxylic acids is 3. The molecule has 1 amide bonds. The first kappa shape index (κ1) is 18.5. The van der Waals surface area contributed by atoms with Gasteiger partial charge in [-0.25, -0.2) is 13.6 Å². The van der Waals surface area contributed by atoms with E-state index in [0.29, 0.717) is 0 Å². The fourth-order valence-corrected chi connectivity index (χ4v) is 1.92. The Bertz CT molecular complexity index is 606. The molecule has 0 aliphatic heterocycles. The fourth-order valence-electron chi connectivity index (χ4n) is 1.92. The third-order valence-corrected chi connectivity index (χ3v) is 3.22. The second-order valence-electron chi connectivity index (χ2n) is 4.83. The highest BCUT2D eigenvalue weighted by Crippen LogP contribution is 2.15. The number of hydrogen-bond acceptors (Lipinski definition) is 5. The molecule has 0 bridgehead atoms. The lowest BCUT2D eigenvalue weighted by molar-refractivity contribution is -0.146. The molecule has 8 heteroatoms. The second kappa shape index (κ2) is 8.21. The Balaban J connectivity index is 2.97.